The van der Waals surface area contributed by atoms with Gasteiger partial charge in [0.15, 0.2) is 0 Å². The summed E-state index contributed by atoms with van der Waals surface area (Å²) in [6.45, 7) is 3.79. The van der Waals surface area contributed by atoms with Crippen molar-refractivity contribution in [3.63, 3.8) is 0 Å². The van der Waals surface area contributed by atoms with Crippen LogP contribution in [-0.2, 0) is 28.5 Å². The first-order chi connectivity index (χ1) is 15.0. The van der Waals surface area contributed by atoms with E-state index < -0.39 is 54.7 Å². The van der Waals surface area contributed by atoms with Gasteiger partial charge in [-0.1, -0.05) is 6.92 Å². The predicted molar refractivity (Wildman–Crippen MR) is 111 cm³/mol. The number of hydrogen-bond donors (Lipinski definition) is 2. The molecule has 0 saturated heterocycles. The number of hydrogen-bond acceptors (Lipinski definition) is 10. The van der Waals surface area contributed by atoms with E-state index in [-0.39, 0.29) is 24.2 Å². The molecule has 10 heteroatoms. The summed E-state index contributed by atoms with van der Waals surface area (Å²) < 4.78 is 19.4. The normalized spacial score (nSPS) is 12.9. The van der Waals surface area contributed by atoms with Crippen molar-refractivity contribution in [1.82, 2.24) is 0 Å². The van der Waals surface area contributed by atoms with Crippen LogP contribution in [0.2, 0.25) is 0 Å². The minimum Gasteiger partial charge on any atom is -0.469 e. The molecular formula is C22H30O10. The lowest BCUT2D eigenvalue weighted by molar-refractivity contribution is -0.162. The molecule has 1 aromatic rings. The Morgan fingerprint density at radius 3 is 1.72 bits per heavy atom. The predicted octanol–water partition coefficient (Wildman–Crippen LogP) is 1.26. The Kier molecular flexibility index (Phi) is 10.8. The Labute approximate surface area is 186 Å². The number of carbonyl (C=O) groups excluding carboxylic acids is 4. The van der Waals surface area contributed by atoms with Crippen LogP contribution >= 0.6 is 0 Å². The van der Waals surface area contributed by atoms with E-state index in [1.54, 1.807) is 6.92 Å². The lowest BCUT2D eigenvalue weighted by atomic mass is 9.89. The second-order valence-electron chi connectivity index (χ2n) is 7.73. The molecule has 10 nitrogen and oxygen atoms in total. The summed E-state index contributed by atoms with van der Waals surface area (Å²) in [5.41, 5.74) is -0.800. The number of aliphatic hydroxyl groups excluding tert-OH is 2. The maximum absolute atomic E-state index is 12.1. The molecule has 178 valence electrons. The van der Waals surface area contributed by atoms with Gasteiger partial charge in [-0.3, -0.25) is 9.59 Å². The Bertz CT molecular complexity index is 784. The third-order valence-electron chi connectivity index (χ3n) is 4.41. The highest BCUT2D eigenvalue weighted by molar-refractivity contribution is 5.93. The van der Waals surface area contributed by atoms with Gasteiger partial charge in [0, 0.05) is 0 Å². The second-order valence-corrected chi connectivity index (χ2v) is 7.73. The fourth-order valence-electron chi connectivity index (χ4n) is 2.29. The van der Waals surface area contributed by atoms with Crippen LogP contribution in [0.4, 0.5) is 0 Å². The molecule has 0 aliphatic rings. The average Bonchev–Trinajstić information content (AvgIpc) is 2.78. The number of aliphatic hydroxyl groups is 2. The van der Waals surface area contributed by atoms with E-state index in [2.05, 4.69) is 4.74 Å². The number of carbonyl (C=O) groups is 4. The van der Waals surface area contributed by atoms with E-state index in [0.717, 1.165) is 0 Å². The zero-order valence-electron chi connectivity index (χ0n) is 18.7. The number of rotatable bonds is 12. The minimum absolute atomic E-state index is 0.124. The van der Waals surface area contributed by atoms with Gasteiger partial charge in [-0.15, -0.1) is 0 Å². The van der Waals surface area contributed by atoms with Crippen LogP contribution in [0.15, 0.2) is 24.3 Å². The molecule has 0 heterocycles. The molecule has 0 fully saturated rings. The largest absolute Gasteiger partial charge is 0.469 e. The molecule has 0 bridgehead atoms. The van der Waals surface area contributed by atoms with E-state index in [1.165, 1.54) is 45.2 Å². The molecule has 0 amide bonds. The van der Waals surface area contributed by atoms with Crippen LogP contribution in [0.1, 0.15) is 54.3 Å². The molecule has 2 atom stereocenters. The minimum atomic E-state index is -1.27. The van der Waals surface area contributed by atoms with Crippen LogP contribution < -0.4 is 0 Å². The topological polar surface area (TPSA) is 146 Å². The van der Waals surface area contributed by atoms with Crippen molar-refractivity contribution >= 4 is 23.9 Å². The van der Waals surface area contributed by atoms with E-state index in [4.69, 9.17) is 14.2 Å². The maximum Gasteiger partial charge on any atom is 0.338 e. The molecule has 0 spiro atoms. The Balaban J connectivity index is 2.47. The lowest BCUT2D eigenvalue weighted by Crippen LogP contribution is -2.33. The van der Waals surface area contributed by atoms with Crippen molar-refractivity contribution in [3.8, 4) is 0 Å². The van der Waals surface area contributed by atoms with Gasteiger partial charge in [0.25, 0.3) is 0 Å². The van der Waals surface area contributed by atoms with Gasteiger partial charge in [-0.2, -0.15) is 0 Å². The lowest BCUT2D eigenvalue weighted by Gasteiger charge is -2.22. The summed E-state index contributed by atoms with van der Waals surface area (Å²) in [5, 5.41) is 19.3. The van der Waals surface area contributed by atoms with E-state index in [0.29, 0.717) is 6.42 Å². The first-order valence-corrected chi connectivity index (χ1v) is 10.0. The van der Waals surface area contributed by atoms with Gasteiger partial charge in [0.2, 0.25) is 0 Å². The summed E-state index contributed by atoms with van der Waals surface area (Å²) in [6, 6.07) is 5.46. The molecule has 0 aliphatic carbocycles. The first kappa shape index (κ1) is 27.1. The fraction of sp³-hybridized carbons (Fsp3) is 0.545. The summed E-state index contributed by atoms with van der Waals surface area (Å²) >= 11 is 0. The van der Waals surface area contributed by atoms with Gasteiger partial charge < -0.3 is 29.2 Å². The fourth-order valence-corrected chi connectivity index (χ4v) is 2.29. The van der Waals surface area contributed by atoms with Gasteiger partial charge >= 0.3 is 23.9 Å². The highest BCUT2D eigenvalue weighted by atomic mass is 16.6. The molecule has 0 saturated carbocycles. The van der Waals surface area contributed by atoms with Crippen LogP contribution in [0.25, 0.3) is 0 Å². The molecule has 2 unspecified atom stereocenters. The Morgan fingerprint density at radius 2 is 1.28 bits per heavy atom. The summed E-state index contributed by atoms with van der Waals surface area (Å²) in [6.07, 6.45) is -1.74. The van der Waals surface area contributed by atoms with Crippen molar-refractivity contribution in [2.75, 3.05) is 26.9 Å². The molecule has 1 aromatic carbocycles. The number of benzene rings is 1. The molecular weight excluding hydrogens is 424 g/mol. The number of esters is 4. The van der Waals surface area contributed by atoms with Crippen molar-refractivity contribution < 1.29 is 48.3 Å². The Hall–Kier alpha value is -2.98. The van der Waals surface area contributed by atoms with Gasteiger partial charge in [-0.05, 0) is 44.5 Å². The highest BCUT2D eigenvalue weighted by Gasteiger charge is 2.33. The summed E-state index contributed by atoms with van der Waals surface area (Å²) in [5.74, 6) is -2.66. The molecule has 0 radical (unpaired) electrons. The van der Waals surface area contributed by atoms with Crippen molar-refractivity contribution in [1.29, 1.82) is 0 Å². The second kappa shape index (κ2) is 12.8. The third kappa shape index (κ3) is 9.03. The Morgan fingerprint density at radius 1 is 0.844 bits per heavy atom. The van der Waals surface area contributed by atoms with Gasteiger partial charge in [0.05, 0.1) is 36.2 Å². The zero-order valence-corrected chi connectivity index (χ0v) is 18.7. The van der Waals surface area contributed by atoms with Crippen molar-refractivity contribution in [2.24, 2.45) is 5.41 Å². The van der Waals surface area contributed by atoms with Crippen LogP contribution in [-0.4, -0.2) is 73.2 Å². The molecule has 0 aliphatic heterocycles. The number of ether oxygens (including phenoxy) is 4. The number of methoxy groups -OCH3 is 1. The van der Waals surface area contributed by atoms with E-state index in [1.807, 2.05) is 0 Å². The van der Waals surface area contributed by atoms with Gasteiger partial charge in [-0.25, -0.2) is 9.59 Å². The van der Waals surface area contributed by atoms with E-state index in [9.17, 15) is 29.4 Å². The molecule has 1 rings (SSSR count). The van der Waals surface area contributed by atoms with Gasteiger partial charge in [0.1, 0.15) is 25.9 Å². The first-order valence-electron chi connectivity index (χ1n) is 10.0. The van der Waals surface area contributed by atoms with Crippen molar-refractivity contribution in [2.45, 2.75) is 45.8 Å². The smallest absolute Gasteiger partial charge is 0.338 e. The molecule has 0 aromatic heterocycles. The molecule has 32 heavy (non-hydrogen) atoms. The van der Waals surface area contributed by atoms with Crippen LogP contribution in [0.5, 0.6) is 0 Å². The third-order valence-corrected chi connectivity index (χ3v) is 4.41. The standard InChI is InChI=1S/C22H30O10/c1-5-16(23)11-30-19(26)14-6-8-15(9-7-14)20(27)31-12-17(24)13-32-21(28)22(2,3)10-18(25)29-4/h6-9,16-17,23-24H,5,10-13H2,1-4H3. The van der Waals surface area contributed by atoms with Crippen molar-refractivity contribution in [3.05, 3.63) is 35.4 Å². The quantitative estimate of drug-likeness (QED) is 0.350. The summed E-state index contributed by atoms with van der Waals surface area (Å²) in [4.78, 5) is 47.4. The maximum atomic E-state index is 12.1. The highest BCUT2D eigenvalue weighted by Crippen LogP contribution is 2.23. The monoisotopic (exact) mass is 454 g/mol. The SMILES string of the molecule is CCC(O)COC(=O)c1ccc(C(=O)OCC(O)COC(=O)C(C)(C)CC(=O)OC)cc1. The summed E-state index contributed by atoms with van der Waals surface area (Å²) in [7, 11) is 1.21. The average molecular weight is 454 g/mol. The van der Waals surface area contributed by atoms with Crippen LogP contribution in [0, 0.1) is 5.41 Å². The van der Waals surface area contributed by atoms with E-state index >= 15 is 0 Å². The molecule has 2 N–H and O–H groups in total. The zero-order chi connectivity index (χ0) is 24.3. The van der Waals surface area contributed by atoms with Crippen LogP contribution in [0.3, 0.4) is 0 Å².